The summed E-state index contributed by atoms with van der Waals surface area (Å²) in [5, 5.41) is 3.02. The molecule has 100 valence electrons. The van der Waals surface area contributed by atoms with Crippen LogP contribution < -0.4 is 5.32 Å². The van der Waals surface area contributed by atoms with Gasteiger partial charge in [-0.1, -0.05) is 32.1 Å². The van der Waals surface area contributed by atoms with Crippen LogP contribution in [-0.4, -0.2) is 12.5 Å². The zero-order chi connectivity index (χ0) is 13.0. The van der Waals surface area contributed by atoms with E-state index in [9.17, 15) is 4.79 Å². The van der Waals surface area contributed by atoms with Crippen molar-refractivity contribution in [1.82, 2.24) is 5.32 Å². The van der Waals surface area contributed by atoms with Crippen LogP contribution in [0.2, 0.25) is 0 Å². The smallest absolute Gasteiger partial charge is 0.261 e. The first-order chi connectivity index (χ1) is 8.66. The van der Waals surface area contributed by atoms with Crippen molar-refractivity contribution in [2.24, 2.45) is 5.92 Å². The van der Waals surface area contributed by atoms with E-state index >= 15 is 0 Å². The van der Waals surface area contributed by atoms with Gasteiger partial charge in [-0.15, -0.1) is 11.3 Å². The standard InChI is InChI=1S/C13H17Br2NOS/c14-10-8-11(18-12(10)15)13(17)16-7-6-9-4-2-1-3-5-9/h8-9H,1-7H2,(H,16,17). The van der Waals surface area contributed by atoms with Gasteiger partial charge in [0, 0.05) is 11.0 Å². The number of carbonyl (C=O) groups is 1. The van der Waals surface area contributed by atoms with E-state index in [1.807, 2.05) is 6.07 Å². The van der Waals surface area contributed by atoms with Gasteiger partial charge < -0.3 is 5.32 Å². The Kier molecular flexibility index (Phi) is 5.70. The van der Waals surface area contributed by atoms with Crippen LogP contribution in [0.15, 0.2) is 14.3 Å². The third-order valence-electron chi connectivity index (χ3n) is 3.43. The number of carbonyl (C=O) groups excluding carboxylic acids is 1. The normalized spacial score (nSPS) is 16.8. The lowest BCUT2D eigenvalue weighted by molar-refractivity contribution is 0.0954. The summed E-state index contributed by atoms with van der Waals surface area (Å²) in [5.74, 6) is 0.864. The molecule has 0 spiro atoms. The molecule has 1 aliphatic carbocycles. The zero-order valence-corrected chi connectivity index (χ0v) is 14.2. The molecule has 1 aliphatic rings. The second kappa shape index (κ2) is 7.06. The molecule has 1 saturated carbocycles. The molecule has 0 saturated heterocycles. The molecule has 0 atom stereocenters. The SMILES string of the molecule is O=C(NCCC1CCCCC1)c1cc(Br)c(Br)s1. The molecule has 1 aromatic rings. The van der Waals surface area contributed by atoms with Crippen LogP contribution in [0.1, 0.15) is 48.2 Å². The van der Waals surface area contributed by atoms with Crippen LogP contribution in [0, 0.1) is 5.92 Å². The van der Waals surface area contributed by atoms with E-state index in [-0.39, 0.29) is 5.91 Å². The summed E-state index contributed by atoms with van der Waals surface area (Å²) in [5.41, 5.74) is 0. The van der Waals surface area contributed by atoms with Gasteiger partial charge in [-0.25, -0.2) is 0 Å². The highest BCUT2D eigenvalue weighted by Gasteiger charge is 2.15. The Morgan fingerprint density at radius 1 is 1.33 bits per heavy atom. The molecule has 1 aromatic heterocycles. The molecule has 2 rings (SSSR count). The van der Waals surface area contributed by atoms with E-state index in [2.05, 4.69) is 37.2 Å². The lowest BCUT2D eigenvalue weighted by atomic mass is 9.87. The molecule has 0 aliphatic heterocycles. The van der Waals surface area contributed by atoms with E-state index in [0.29, 0.717) is 0 Å². The minimum Gasteiger partial charge on any atom is -0.351 e. The number of thiophene rings is 1. The highest BCUT2D eigenvalue weighted by Crippen LogP contribution is 2.32. The maximum absolute atomic E-state index is 11.9. The summed E-state index contributed by atoms with van der Waals surface area (Å²) in [6.45, 7) is 0.802. The summed E-state index contributed by atoms with van der Waals surface area (Å²) in [7, 11) is 0. The second-order valence-electron chi connectivity index (χ2n) is 4.78. The lowest BCUT2D eigenvalue weighted by Gasteiger charge is -2.21. The fraction of sp³-hybridized carbons (Fsp3) is 0.615. The van der Waals surface area contributed by atoms with Gasteiger partial charge in [0.25, 0.3) is 5.91 Å². The maximum Gasteiger partial charge on any atom is 0.261 e. The summed E-state index contributed by atoms with van der Waals surface area (Å²) >= 11 is 8.27. The molecular weight excluding hydrogens is 378 g/mol. The number of nitrogens with one attached hydrogen (secondary N) is 1. The van der Waals surface area contributed by atoms with Gasteiger partial charge in [0.2, 0.25) is 0 Å². The summed E-state index contributed by atoms with van der Waals surface area (Å²) in [6, 6.07) is 1.87. The number of halogens is 2. The fourth-order valence-electron chi connectivity index (χ4n) is 2.41. The average Bonchev–Trinajstić information content (AvgIpc) is 2.71. The molecule has 0 bridgehead atoms. The summed E-state index contributed by atoms with van der Waals surface area (Å²) in [6.07, 6.45) is 7.92. The topological polar surface area (TPSA) is 29.1 Å². The molecule has 1 fully saturated rings. The first-order valence-corrected chi connectivity index (χ1v) is 8.80. The molecule has 1 heterocycles. The third kappa shape index (κ3) is 4.07. The molecule has 2 nitrogen and oxygen atoms in total. The Balaban J connectivity index is 1.74. The van der Waals surface area contributed by atoms with Crippen molar-refractivity contribution in [3.05, 3.63) is 19.2 Å². The quantitative estimate of drug-likeness (QED) is 0.766. The maximum atomic E-state index is 11.9. The average molecular weight is 395 g/mol. The highest BCUT2D eigenvalue weighted by molar-refractivity contribution is 9.13. The predicted octanol–water partition coefficient (Wildman–Crippen LogP) is 4.97. The van der Waals surface area contributed by atoms with Crippen molar-refractivity contribution in [3.63, 3.8) is 0 Å². The first-order valence-electron chi connectivity index (χ1n) is 6.40. The first kappa shape index (κ1) is 14.5. The summed E-state index contributed by atoms with van der Waals surface area (Å²) < 4.78 is 1.92. The zero-order valence-electron chi connectivity index (χ0n) is 10.2. The predicted molar refractivity (Wildman–Crippen MR) is 83.2 cm³/mol. The van der Waals surface area contributed by atoms with Crippen molar-refractivity contribution < 1.29 is 4.79 Å². The van der Waals surface area contributed by atoms with E-state index in [1.165, 1.54) is 43.4 Å². The van der Waals surface area contributed by atoms with Gasteiger partial charge in [0.05, 0.1) is 8.66 Å². The Bertz CT molecular complexity index is 394. The number of amides is 1. The third-order valence-corrected chi connectivity index (χ3v) is 6.69. The van der Waals surface area contributed by atoms with E-state index in [1.54, 1.807) is 0 Å². The second-order valence-corrected chi connectivity index (χ2v) is 8.01. The number of hydrogen-bond donors (Lipinski definition) is 1. The van der Waals surface area contributed by atoms with Crippen LogP contribution in [0.4, 0.5) is 0 Å². The van der Waals surface area contributed by atoms with Crippen LogP contribution in [-0.2, 0) is 0 Å². The number of hydrogen-bond acceptors (Lipinski definition) is 2. The van der Waals surface area contributed by atoms with E-state index in [0.717, 1.165) is 32.0 Å². The monoisotopic (exact) mass is 393 g/mol. The van der Waals surface area contributed by atoms with Gasteiger partial charge in [-0.3, -0.25) is 4.79 Å². The van der Waals surface area contributed by atoms with Gasteiger partial charge in [-0.2, -0.15) is 0 Å². The largest absolute Gasteiger partial charge is 0.351 e. The van der Waals surface area contributed by atoms with Crippen LogP contribution in [0.5, 0.6) is 0 Å². The molecule has 1 N–H and O–H groups in total. The molecule has 0 radical (unpaired) electrons. The Morgan fingerprint density at radius 3 is 2.67 bits per heavy atom. The van der Waals surface area contributed by atoms with E-state index in [4.69, 9.17) is 0 Å². The van der Waals surface area contributed by atoms with Crippen LogP contribution in [0.3, 0.4) is 0 Å². The fourth-order valence-corrected chi connectivity index (χ4v) is 4.36. The minimum atomic E-state index is 0.0437. The van der Waals surface area contributed by atoms with E-state index < -0.39 is 0 Å². The van der Waals surface area contributed by atoms with Gasteiger partial charge >= 0.3 is 0 Å². The molecule has 5 heteroatoms. The molecule has 0 aromatic carbocycles. The van der Waals surface area contributed by atoms with Crippen LogP contribution >= 0.6 is 43.2 Å². The summed E-state index contributed by atoms with van der Waals surface area (Å²) in [4.78, 5) is 12.7. The van der Waals surface area contributed by atoms with Crippen LogP contribution in [0.25, 0.3) is 0 Å². The minimum absolute atomic E-state index is 0.0437. The van der Waals surface area contributed by atoms with Crippen molar-refractivity contribution in [2.45, 2.75) is 38.5 Å². The highest BCUT2D eigenvalue weighted by atomic mass is 79.9. The molecule has 18 heavy (non-hydrogen) atoms. The molecule has 0 unspecified atom stereocenters. The number of rotatable bonds is 4. The Morgan fingerprint density at radius 2 is 2.06 bits per heavy atom. The van der Waals surface area contributed by atoms with Gasteiger partial charge in [0.15, 0.2) is 0 Å². The Labute approximate surface area is 129 Å². The van der Waals surface area contributed by atoms with Crippen molar-refractivity contribution >= 4 is 49.1 Å². The molecule has 1 amide bonds. The lowest BCUT2D eigenvalue weighted by Crippen LogP contribution is -2.25. The molecular formula is C13H17Br2NOS. The van der Waals surface area contributed by atoms with Crippen molar-refractivity contribution in [3.8, 4) is 0 Å². The van der Waals surface area contributed by atoms with Gasteiger partial charge in [0.1, 0.15) is 0 Å². The van der Waals surface area contributed by atoms with Crippen molar-refractivity contribution in [1.29, 1.82) is 0 Å². The van der Waals surface area contributed by atoms with Gasteiger partial charge in [-0.05, 0) is 50.3 Å². The van der Waals surface area contributed by atoms with Crippen molar-refractivity contribution in [2.75, 3.05) is 6.54 Å². The Hall–Kier alpha value is 0.130.